The van der Waals surface area contributed by atoms with Crippen molar-refractivity contribution in [1.82, 2.24) is 0 Å². The molecule has 0 radical (unpaired) electrons. The molecule has 0 aromatic carbocycles. The number of allylic oxidation sites excluding steroid dienone is 2. The van der Waals surface area contributed by atoms with Crippen molar-refractivity contribution >= 4 is 6.29 Å². The summed E-state index contributed by atoms with van der Waals surface area (Å²) >= 11 is 0. The van der Waals surface area contributed by atoms with E-state index in [2.05, 4.69) is 27.7 Å². The second kappa shape index (κ2) is 3.04. The molecular formula is C11H18O. The molecule has 12 heavy (non-hydrogen) atoms. The molecule has 0 fully saturated rings. The predicted octanol–water partition coefficient (Wildman–Crippen LogP) is 2.96. The third-order valence-electron chi connectivity index (χ3n) is 3.56. The molecule has 1 nitrogen and oxygen atoms in total. The summed E-state index contributed by atoms with van der Waals surface area (Å²) in [5, 5.41) is 0. The molecule has 0 saturated carbocycles. The first-order chi connectivity index (χ1) is 5.50. The zero-order valence-corrected chi connectivity index (χ0v) is 8.48. The Hall–Kier alpha value is -0.590. The second-order valence-electron chi connectivity index (χ2n) is 4.43. The van der Waals surface area contributed by atoms with Crippen molar-refractivity contribution in [3.63, 3.8) is 0 Å². The summed E-state index contributed by atoms with van der Waals surface area (Å²) in [5.41, 5.74) is 3.20. The van der Waals surface area contributed by atoms with Gasteiger partial charge < -0.3 is 4.79 Å². The molecule has 0 aromatic heterocycles. The lowest BCUT2D eigenvalue weighted by Gasteiger charge is -2.28. The highest BCUT2D eigenvalue weighted by Crippen LogP contribution is 2.47. The lowest BCUT2D eigenvalue weighted by molar-refractivity contribution is -0.109. The molecule has 0 unspecified atom stereocenters. The Labute approximate surface area is 74.9 Å². The molecule has 0 heterocycles. The topological polar surface area (TPSA) is 17.1 Å². The van der Waals surface area contributed by atoms with Crippen LogP contribution in [0.3, 0.4) is 0 Å². The van der Waals surface area contributed by atoms with E-state index >= 15 is 0 Å². The van der Waals surface area contributed by atoms with Gasteiger partial charge in [-0.15, -0.1) is 0 Å². The third-order valence-corrected chi connectivity index (χ3v) is 3.56. The van der Waals surface area contributed by atoms with Crippen LogP contribution in [0.25, 0.3) is 0 Å². The van der Waals surface area contributed by atoms with Crippen molar-refractivity contribution in [3.05, 3.63) is 11.1 Å². The van der Waals surface area contributed by atoms with Gasteiger partial charge in [0, 0.05) is 6.42 Å². The number of rotatable bonds is 2. The molecule has 0 bridgehead atoms. The highest BCUT2D eigenvalue weighted by molar-refractivity contribution is 5.51. The van der Waals surface area contributed by atoms with E-state index in [1.807, 2.05) is 0 Å². The van der Waals surface area contributed by atoms with Crippen LogP contribution in [0, 0.1) is 11.3 Å². The number of aldehydes is 1. The number of carbonyl (C=O) groups excluding carboxylic acids is 1. The lowest BCUT2D eigenvalue weighted by Crippen LogP contribution is -2.20. The normalized spacial score (nSPS) is 27.8. The summed E-state index contributed by atoms with van der Waals surface area (Å²) in [6.07, 6.45) is 2.87. The molecule has 0 N–H and O–H groups in total. The molecule has 1 aliphatic rings. The van der Waals surface area contributed by atoms with Crippen LogP contribution in [0.2, 0.25) is 0 Å². The van der Waals surface area contributed by atoms with E-state index in [-0.39, 0.29) is 5.41 Å². The molecule has 1 heteroatoms. The standard InChI is InChI=1S/C11H18O/c1-8-7-10(5-6-12)11(3,4)9(8)2/h6,10H,5,7H2,1-4H3/t10-/m0/s1. The van der Waals surface area contributed by atoms with Crippen LogP contribution < -0.4 is 0 Å². The van der Waals surface area contributed by atoms with Gasteiger partial charge in [-0.25, -0.2) is 0 Å². The fraction of sp³-hybridized carbons (Fsp3) is 0.727. The van der Waals surface area contributed by atoms with Gasteiger partial charge in [-0.3, -0.25) is 0 Å². The average Bonchev–Trinajstić information content (AvgIpc) is 2.17. The smallest absolute Gasteiger partial charge is 0.120 e. The SMILES string of the molecule is CC1=C(C)C(C)(C)[C@@H](CC=O)C1. The Morgan fingerprint density at radius 1 is 1.50 bits per heavy atom. The van der Waals surface area contributed by atoms with Crippen LogP contribution in [0.15, 0.2) is 11.1 Å². The van der Waals surface area contributed by atoms with Gasteiger partial charge >= 0.3 is 0 Å². The predicted molar refractivity (Wildman–Crippen MR) is 50.9 cm³/mol. The second-order valence-corrected chi connectivity index (χ2v) is 4.43. The maximum absolute atomic E-state index is 10.4. The fourth-order valence-electron chi connectivity index (χ4n) is 2.13. The first-order valence-electron chi connectivity index (χ1n) is 4.60. The molecule has 68 valence electrons. The number of hydrogen-bond donors (Lipinski definition) is 0. The summed E-state index contributed by atoms with van der Waals surface area (Å²) in [6.45, 7) is 8.86. The molecular weight excluding hydrogens is 148 g/mol. The average molecular weight is 166 g/mol. The fourth-order valence-corrected chi connectivity index (χ4v) is 2.13. The summed E-state index contributed by atoms with van der Waals surface area (Å²) in [4.78, 5) is 10.4. The van der Waals surface area contributed by atoms with Crippen LogP contribution in [-0.4, -0.2) is 6.29 Å². The largest absolute Gasteiger partial charge is 0.303 e. The van der Waals surface area contributed by atoms with Gasteiger partial charge in [-0.2, -0.15) is 0 Å². The maximum Gasteiger partial charge on any atom is 0.120 e. The molecule has 1 aliphatic carbocycles. The molecule has 0 aliphatic heterocycles. The molecule has 0 saturated heterocycles. The van der Waals surface area contributed by atoms with Crippen molar-refractivity contribution in [1.29, 1.82) is 0 Å². The van der Waals surface area contributed by atoms with E-state index in [0.29, 0.717) is 12.3 Å². The Bertz CT molecular complexity index is 223. The first-order valence-corrected chi connectivity index (χ1v) is 4.60. The van der Waals surface area contributed by atoms with Gasteiger partial charge in [0.2, 0.25) is 0 Å². The Kier molecular flexibility index (Phi) is 2.41. The monoisotopic (exact) mass is 166 g/mol. The minimum absolute atomic E-state index is 0.241. The molecule has 0 amide bonds. The van der Waals surface area contributed by atoms with Gasteiger partial charge in [0.15, 0.2) is 0 Å². The van der Waals surface area contributed by atoms with Crippen LogP contribution >= 0.6 is 0 Å². The summed E-state index contributed by atoms with van der Waals surface area (Å²) in [6, 6.07) is 0. The highest BCUT2D eigenvalue weighted by Gasteiger charge is 2.36. The third kappa shape index (κ3) is 1.33. The number of carbonyl (C=O) groups is 1. The van der Waals surface area contributed by atoms with Crippen molar-refractivity contribution < 1.29 is 4.79 Å². The van der Waals surface area contributed by atoms with Crippen LogP contribution in [-0.2, 0) is 4.79 Å². The summed E-state index contributed by atoms with van der Waals surface area (Å²) < 4.78 is 0. The molecule has 0 aromatic rings. The van der Waals surface area contributed by atoms with Gasteiger partial charge in [0.05, 0.1) is 0 Å². The van der Waals surface area contributed by atoms with Gasteiger partial charge in [-0.1, -0.05) is 25.0 Å². The highest BCUT2D eigenvalue weighted by atomic mass is 16.1. The van der Waals surface area contributed by atoms with Crippen molar-refractivity contribution in [3.8, 4) is 0 Å². The zero-order valence-electron chi connectivity index (χ0n) is 8.48. The first kappa shape index (κ1) is 9.50. The minimum Gasteiger partial charge on any atom is -0.303 e. The maximum atomic E-state index is 10.4. The van der Waals surface area contributed by atoms with Crippen LogP contribution in [0.5, 0.6) is 0 Å². The van der Waals surface area contributed by atoms with Crippen LogP contribution in [0.1, 0.15) is 40.5 Å². The van der Waals surface area contributed by atoms with Crippen LogP contribution in [0.4, 0.5) is 0 Å². The van der Waals surface area contributed by atoms with Gasteiger partial charge in [0.25, 0.3) is 0 Å². The Morgan fingerprint density at radius 2 is 2.08 bits per heavy atom. The Balaban J connectivity index is 2.83. The minimum atomic E-state index is 0.241. The van der Waals surface area contributed by atoms with E-state index in [0.717, 1.165) is 12.7 Å². The van der Waals surface area contributed by atoms with Crippen molar-refractivity contribution in [2.75, 3.05) is 0 Å². The van der Waals surface area contributed by atoms with E-state index in [1.54, 1.807) is 0 Å². The van der Waals surface area contributed by atoms with Crippen molar-refractivity contribution in [2.45, 2.75) is 40.5 Å². The van der Waals surface area contributed by atoms with Gasteiger partial charge in [-0.05, 0) is 31.6 Å². The number of hydrogen-bond acceptors (Lipinski definition) is 1. The molecule has 1 atom stereocenters. The molecule has 1 rings (SSSR count). The Morgan fingerprint density at radius 3 is 2.42 bits per heavy atom. The van der Waals surface area contributed by atoms with E-state index in [9.17, 15) is 4.79 Å². The van der Waals surface area contributed by atoms with Crippen molar-refractivity contribution in [2.24, 2.45) is 11.3 Å². The summed E-state index contributed by atoms with van der Waals surface area (Å²) in [7, 11) is 0. The summed E-state index contributed by atoms with van der Waals surface area (Å²) in [5.74, 6) is 0.537. The van der Waals surface area contributed by atoms with E-state index in [4.69, 9.17) is 0 Å². The lowest BCUT2D eigenvalue weighted by atomic mass is 9.76. The quantitative estimate of drug-likeness (QED) is 0.455. The zero-order chi connectivity index (χ0) is 9.35. The van der Waals surface area contributed by atoms with E-state index < -0.39 is 0 Å². The van der Waals surface area contributed by atoms with E-state index in [1.165, 1.54) is 11.1 Å². The molecule has 0 spiro atoms. The van der Waals surface area contributed by atoms with Gasteiger partial charge in [0.1, 0.15) is 6.29 Å².